The molecule has 0 fully saturated rings. The summed E-state index contributed by atoms with van der Waals surface area (Å²) in [5, 5.41) is 8.06. The maximum absolute atomic E-state index is 11.9. The van der Waals surface area contributed by atoms with Gasteiger partial charge in [-0.1, -0.05) is 4.49 Å². The van der Waals surface area contributed by atoms with E-state index in [4.69, 9.17) is 0 Å². The highest BCUT2D eigenvalue weighted by molar-refractivity contribution is 7.10. The van der Waals surface area contributed by atoms with Gasteiger partial charge >= 0.3 is 0 Å². The third kappa shape index (κ3) is 1.90. The van der Waals surface area contributed by atoms with Crippen LogP contribution in [0.4, 0.5) is 5.00 Å². The predicted octanol–water partition coefficient (Wildman–Crippen LogP) is 2.27. The van der Waals surface area contributed by atoms with Crippen LogP contribution in [-0.2, 0) is 0 Å². The summed E-state index contributed by atoms with van der Waals surface area (Å²) >= 11 is 1.15. The van der Waals surface area contributed by atoms with E-state index < -0.39 is 0 Å². The Bertz CT molecular complexity index is 659. The van der Waals surface area contributed by atoms with Crippen molar-refractivity contribution in [2.75, 3.05) is 5.32 Å². The summed E-state index contributed by atoms with van der Waals surface area (Å²) in [4.78, 5) is 15.0. The van der Waals surface area contributed by atoms with Gasteiger partial charge in [0.15, 0.2) is 0 Å². The van der Waals surface area contributed by atoms with Crippen LogP contribution in [0.25, 0.3) is 10.9 Å². The highest BCUT2D eigenvalue weighted by atomic mass is 32.1. The van der Waals surface area contributed by atoms with Crippen LogP contribution >= 0.6 is 11.5 Å². The second kappa shape index (κ2) is 3.99. The lowest BCUT2D eigenvalue weighted by Gasteiger charge is -2.01. The molecule has 0 spiro atoms. The van der Waals surface area contributed by atoms with E-state index in [0.717, 1.165) is 22.4 Å². The molecule has 0 atom stereocenters. The molecule has 0 saturated carbocycles. The topological polar surface area (TPSA) is 70.7 Å². The van der Waals surface area contributed by atoms with Gasteiger partial charge in [0.25, 0.3) is 5.91 Å². The Morgan fingerprint density at radius 3 is 3.12 bits per heavy atom. The summed E-state index contributed by atoms with van der Waals surface area (Å²) in [6.45, 7) is 0. The van der Waals surface area contributed by atoms with Crippen molar-refractivity contribution < 1.29 is 4.79 Å². The van der Waals surface area contributed by atoms with Crippen molar-refractivity contribution >= 4 is 33.3 Å². The summed E-state index contributed by atoms with van der Waals surface area (Å²) in [5.74, 6) is -0.154. The van der Waals surface area contributed by atoms with Gasteiger partial charge in [-0.2, -0.15) is 0 Å². The normalized spacial score (nSPS) is 10.6. The number of aromatic amines is 1. The molecule has 0 aliphatic rings. The fraction of sp³-hybridized carbons (Fsp3) is 0. The van der Waals surface area contributed by atoms with Crippen LogP contribution in [0.5, 0.6) is 0 Å². The molecule has 2 aromatic heterocycles. The molecular weight excluding hydrogens is 236 g/mol. The number of hydrogen-bond donors (Lipinski definition) is 2. The maximum Gasteiger partial charge on any atom is 0.256 e. The summed E-state index contributed by atoms with van der Waals surface area (Å²) in [6.07, 6.45) is 3.37. The van der Waals surface area contributed by atoms with Crippen molar-refractivity contribution in [2.24, 2.45) is 0 Å². The van der Waals surface area contributed by atoms with Gasteiger partial charge in [0, 0.05) is 34.2 Å². The number of anilines is 1. The fourth-order valence-electron chi connectivity index (χ4n) is 1.60. The van der Waals surface area contributed by atoms with Crippen molar-refractivity contribution in [3.63, 3.8) is 0 Å². The van der Waals surface area contributed by atoms with Gasteiger partial charge in [0.05, 0.1) is 6.20 Å². The number of fused-ring (bicyclic) bond motifs is 1. The van der Waals surface area contributed by atoms with Gasteiger partial charge in [-0.15, -0.1) is 5.10 Å². The predicted molar refractivity (Wildman–Crippen MR) is 66.2 cm³/mol. The number of nitrogens with one attached hydrogen (secondary N) is 2. The van der Waals surface area contributed by atoms with Crippen LogP contribution in [0.2, 0.25) is 0 Å². The molecule has 3 aromatic rings. The Morgan fingerprint density at radius 1 is 1.35 bits per heavy atom. The lowest BCUT2D eigenvalue weighted by atomic mass is 10.1. The smallest absolute Gasteiger partial charge is 0.256 e. The first-order valence-corrected chi connectivity index (χ1v) is 5.76. The summed E-state index contributed by atoms with van der Waals surface area (Å²) in [7, 11) is 0. The van der Waals surface area contributed by atoms with Crippen molar-refractivity contribution in [2.45, 2.75) is 0 Å². The molecule has 2 heterocycles. The molecule has 0 saturated heterocycles. The minimum absolute atomic E-state index is 0.154. The van der Waals surface area contributed by atoms with E-state index in [0.29, 0.717) is 10.6 Å². The van der Waals surface area contributed by atoms with Crippen molar-refractivity contribution in [1.29, 1.82) is 0 Å². The van der Waals surface area contributed by atoms with Gasteiger partial charge < -0.3 is 10.3 Å². The number of aromatic nitrogens is 3. The Balaban J connectivity index is 1.90. The fourth-order valence-corrected chi connectivity index (χ4v) is 2.02. The number of carbonyl (C=O) groups is 1. The standard InChI is InChI=1S/C11H8N4OS/c16-11(14-10-6-13-15-17-10)8-1-2-9-7(5-8)3-4-12-9/h1-6,12H,(H,14,16). The molecular formula is C11H8N4OS. The zero-order valence-electron chi connectivity index (χ0n) is 8.68. The molecule has 1 amide bonds. The highest BCUT2D eigenvalue weighted by Gasteiger charge is 2.08. The average molecular weight is 244 g/mol. The van der Waals surface area contributed by atoms with E-state index in [9.17, 15) is 4.79 Å². The molecule has 0 unspecified atom stereocenters. The Labute approximate surface area is 101 Å². The third-order valence-corrected chi connectivity index (χ3v) is 2.99. The van der Waals surface area contributed by atoms with Crippen LogP contribution in [0.3, 0.4) is 0 Å². The number of H-pyrrole nitrogens is 1. The number of benzene rings is 1. The van der Waals surface area contributed by atoms with Crippen LogP contribution in [0.15, 0.2) is 36.7 Å². The number of amides is 1. The van der Waals surface area contributed by atoms with Crippen LogP contribution in [-0.4, -0.2) is 20.5 Å². The third-order valence-electron chi connectivity index (χ3n) is 2.41. The Kier molecular flexibility index (Phi) is 2.34. The van der Waals surface area contributed by atoms with E-state index >= 15 is 0 Å². The molecule has 3 rings (SSSR count). The highest BCUT2D eigenvalue weighted by Crippen LogP contribution is 2.16. The molecule has 6 heteroatoms. The molecule has 84 valence electrons. The van der Waals surface area contributed by atoms with Crippen LogP contribution in [0, 0.1) is 0 Å². The Hall–Kier alpha value is -2.21. The number of hydrogen-bond acceptors (Lipinski definition) is 4. The SMILES string of the molecule is O=C(Nc1cnns1)c1ccc2[nH]ccc2c1. The Morgan fingerprint density at radius 2 is 2.29 bits per heavy atom. The molecule has 0 aliphatic carbocycles. The first-order valence-electron chi connectivity index (χ1n) is 4.99. The summed E-state index contributed by atoms with van der Waals surface area (Å²) in [6, 6.07) is 7.44. The van der Waals surface area contributed by atoms with Gasteiger partial charge in [-0.05, 0) is 24.3 Å². The van der Waals surface area contributed by atoms with Crippen LogP contribution in [0.1, 0.15) is 10.4 Å². The quantitative estimate of drug-likeness (QED) is 0.726. The molecule has 5 nitrogen and oxygen atoms in total. The largest absolute Gasteiger partial charge is 0.361 e. The molecule has 1 aromatic carbocycles. The zero-order chi connectivity index (χ0) is 11.7. The molecule has 17 heavy (non-hydrogen) atoms. The van der Waals surface area contributed by atoms with E-state index in [2.05, 4.69) is 19.9 Å². The molecule has 0 radical (unpaired) electrons. The average Bonchev–Trinajstić information content (AvgIpc) is 2.97. The first-order chi connectivity index (χ1) is 8.33. The van der Waals surface area contributed by atoms with Gasteiger partial charge in [0.1, 0.15) is 5.00 Å². The maximum atomic E-state index is 11.9. The van der Waals surface area contributed by atoms with E-state index in [-0.39, 0.29) is 5.91 Å². The van der Waals surface area contributed by atoms with Gasteiger partial charge in [-0.3, -0.25) is 4.79 Å². The van der Waals surface area contributed by atoms with E-state index in [1.807, 2.05) is 24.4 Å². The van der Waals surface area contributed by atoms with Crippen molar-refractivity contribution in [1.82, 2.24) is 14.6 Å². The number of rotatable bonds is 2. The summed E-state index contributed by atoms with van der Waals surface area (Å²) < 4.78 is 3.68. The minimum Gasteiger partial charge on any atom is -0.361 e. The molecule has 0 bridgehead atoms. The minimum atomic E-state index is -0.154. The number of carbonyl (C=O) groups excluding carboxylic acids is 1. The second-order valence-corrected chi connectivity index (χ2v) is 4.30. The monoisotopic (exact) mass is 244 g/mol. The molecule has 0 aliphatic heterocycles. The zero-order valence-corrected chi connectivity index (χ0v) is 9.49. The molecule has 2 N–H and O–H groups in total. The van der Waals surface area contributed by atoms with Gasteiger partial charge in [-0.25, -0.2) is 0 Å². The lowest BCUT2D eigenvalue weighted by molar-refractivity contribution is 0.102. The van der Waals surface area contributed by atoms with E-state index in [1.165, 1.54) is 6.20 Å². The number of nitrogens with zero attached hydrogens (tertiary/aromatic N) is 2. The second-order valence-electron chi connectivity index (χ2n) is 3.52. The first kappa shape index (κ1) is 9.98. The van der Waals surface area contributed by atoms with Crippen LogP contribution < -0.4 is 5.32 Å². The van der Waals surface area contributed by atoms with Crippen molar-refractivity contribution in [3.8, 4) is 0 Å². The summed E-state index contributed by atoms with van der Waals surface area (Å²) in [5.41, 5.74) is 1.63. The van der Waals surface area contributed by atoms with Crippen molar-refractivity contribution in [3.05, 3.63) is 42.2 Å². The van der Waals surface area contributed by atoms with E-state index in [1.54, 1.807) is 6.07 Å². The lowest BCUT2D eigenvalue weighted by Crippen LogP contribution is -2.10. The van der Waals surface area contributed by atoms with Gasteiger partial charge in [0.2, 0.25) is 0 Å².